The molecule has 0 spiro atoms. The summed E-state index contributed by atoms with van der Waals surface area (Å²) < 4.78 is 7.39. The number of pyridine rings is 1. The van der Waals surface area contributed by atoms with Gasteiger partial charge in [-0.3, -0.25) is 4.79 Å². The van der Waals surface area contributed by atoms with Gasteiger partial charge in [-0.05, 0) is 62.0 Å². The Bertz CT molecular complexity index is 771. The van der Waals surface area contributed by atoms with E-state index in [2.05, 4.69) is 10.1 Å². The molecule has 0 saturated heterocycles. The molecule has 1 amide bonds. The third-order valence-electron chi connectivity index (χ3n) is 5.05. The van der Waals surface area contributed by atoms with Crippen molar-refractivity contribution in [1.82, 2.24) is 14.8 Å². The standard InChI is InChI=1S/C18H21ClN4O2/c19-17-14(18(20)24)5-6-15(21-17)23-9-7-16(22-23)25-10-8-13(11-1-2-11)12-3-4-12/h5-7,9,11-13H,1-4,8,10H2,(H2,20,24). The third-order valence-corrected chi connectivity index (χ3v) is 5.34. The maximum atomic E-state index is 11.2. The van der Waals surface area contributed by atoms with Crippen LogP contribution < -0.4 is 10.5 Å². The van der Waals surface area contributed by atoms with Crippen LogP contribution in [0.1, 0.15) is 42.5 Å². The van der Waals surface area contributed by atoms with Crippen molar-refractivity contribution in [3.8, 4) is 11.7 Å². The van der Waals surface area contributed by atoms with Crippen LogP contribution in [0.25, 0.3) is 5.82 Å². The highest BCUT2D eigenvalue weighted by atomic mass is 35.5. The van der Waals surface area contributed by atoms with Crippen LogP contribution in [0.5, 0.6) is 5.88 Å². The summed E-state index contributed by atoms with van der Waals surface area (Å²) in [6, 6.07) is 5.00. The van der Waals surface area contributed by atoms with Crippen LogP contribution in [-0.4, -0.2) is 27.3 Å². The van der Waals surface area contributed by atoms with Gasteiger partial charge in [-0.1, -0.05) is 11.6 Å². The second-order valence-electron chi connectivity index (χ2n) is 6.95. The molecule has 0 atom stereocenters. The van der Waals surface area contributed by atoms with E-state index >= 15 is 0 Å². The molecule has 7 heteroatoms. The Morgan fingerprint density at radius 3 is 2.60 bits per heavy atom. The van der Waals surface area contributed by atoms with Crippen molar-refractivity contribution >= 4 is 17.5 Å². The first kappa shape index (κ1) is 16.4. The Labute approximate surface area is 151 Å². The van der Waals surface area contributed by atoms with E-state index in [9.17, 15) is 4.79 Å². The van der Waals surface area contributed by atoms with Crippen molar-refractivity contribution in [1.29, 1.82) is 0 Å². The number of primary amides is 1. The van der Waals surface area contributed by atoms with Crippen LogP contribution >= 0.6 is 11.6 Å². The van der Waals surface area contributed by atoms with E-state index < -0.39 is 5.91 Å². The van der Waals surface area contributed by atoms with Crippen molar-refractivity contribution in [2.24, 2.45) is 23.5 Å². The number of halogens is 1. The third kappa shape index (κ3) is 3.79. The van der Waals surface area contributed by atoms with E-state index in [1.54, 1.807) is 29.1 Å². The number of rotatable bonds is 8. The van der Waals surface area contributed by atoms with Crippen molar-refractivity contribution in [2.75, 3.05) is 6.61 Å². The molecule has 6 nitrogen and oxygen atoms in total. The van der Waals surface area contributed by atoms with Gasteiger partial charge in [0.15, 0.2) is 5.82 Å². The number of ether oxygens (including phenoxy) is 1. The Morgan fingerprint density at radius 2 is 2.00 bits per heavy atom. The molecule has 25 heavy (non-hydrogen) atoms. The Morgan fingerprint density at radius 1 is 1.28 bits per heavy atom. The fraction of sp³-hybridized carbons (Fsp3) is 0.500. The number of nitrogens with zero attached hydrogens (tertiary/aromatic N) is 3. The Balaban J connectivity index is 1.36. The molecule has 0 radical (unpaired) electrons. The summed E-state index contributed by atoms with van der Waals surface area (Å²) in [4.78, 5) is 15.4. The number of nitrogens with two attached hydrogens (primary N) is 1. The topological polar surface area (TPSA) is 83.0 Å². The highest BCUT2D eigenvalue weighted by Gasteiger charge is 2.40. The minimum Gasteiger partial charge on any atom is -0.477 e. The quantitative estimate of drug-likeness (QED) is 0.732. The number of amides is 1. The van der Waals surface area contributed by atoms with E-state index in [1.165, 1.54) is 25.7 Å². The molecule has 2 aromatic rings. The van der Waals surface area contributed by atoms with Crippen LogP contribution in [0.4, 0.5) is 0 Å². The highest BCUT2D eigenvalue weighted by Crippen LogP contribution is 2.50. The smallest absolute Gasteiger partial charge is 0.251 e. The van der Waals surface area contributed by atoms with Crippen molar-refractivity contribution in [3.05, 3.63) is 35.1 Å². The largest absolute Gasteiger partial charge is 0.477 e. The van der Waals surface area contributed by atoms with Crippen molar-refractivity contribution < 1.29 is 9.53 Å². The Hall–Kier alpha value is -2.08. The van der Waals surface area contributed by atoms with Crippen LogP contribution in [-0.2, 0) is 0 Å². The first-order chi connectivity index (χ1) is 12.1. The second kappa shape index (κ2) is 6.67. The van der Waals surface area contributed by atoms with Gasteiger partial charge >= 0.3 is 0 Å². The molecule has 2 aliphatic rings. The molecule has 0 bridgehead atoms. The maximum absolute atomic E-state index is 11.2. The predicted molar refractivity (Wildman–Crippen MR) is 93.9 cm³/mol. The molecule has 132 valence electrons. The first-order valence-corrected chi connectivity index (χ1v) is 9.15. The average molecular weight is 361 g/mol. The van der Waals surface area contributed by atoms with Crippen molar-refractivity contribution in [2.45, 2.75) is 32.1 Å². The number of hydrogen-bond acceptors (Lipinski definition) is 4. The Kier molecular flexibility index (Phi) is 4.37. The zero-order valence-corrected chi connectivity index (χ0v) is 14.7. The van der Waals surface area contributed by atoms with E-state index in [4.69, 9.17) is 22.1 Å². The molecular formula is C18H21ClN4O2. The minimum absolute atomic E-state index is 0.0691. The van der Waals surface area contributed by atoms with Crippen LogP contribution in [0.15, 0.2) is 24.4 Å². The molecule has 0 unspecified atom stereocenters. The zero-order chi connectivity index (χ0) is 17.4. The molecule has 4 rings (SSSR count). The molecule has 2 aromatic heterocycles. The lowest BCUT2D eigenvalue weighted by atomic mass is 9.95. The predicted octanol–water partition coefficient (Wildman–Crippen LogP) is 3.22. The molecule has 2 N–H and O–H groups in total. The van der Waals surface area contributed by atoms with Gasteiger partial charge in [-0.25, -0.2) is 9.67 Å². The molecular weight excluding hydrogens is 340 g/mol. The molecule has 0 aromatic carbocycles. The highest BCUT2D eigenvalue weighted by molar-refractivity contribution is 6.32. The number of carbonyl (C=O) groups excluding carboxylic acids is 1. The van der Waals surface area contributed by atoms with E-state index in [-0.39, 0.29) is 10.7 Å². The summed E-state index contributed by atoms with van der Waals surface area (Å²) in [7, 11) is 0. The van der Waals surface area contributed by atoms with Gasteiger partial charge in [-0.15, -0.1) is 5.10 Å². The monoisotopic (exact) mass is 360 g/mol. The summed E-state index contributed by atoms with van der Waals surface area (Å²) in [5, 5.41) is 4.44. The average Bonchev–Trinajstić information content (AvgIpc) is 3.51. The number of hydrogen-bond donors (Lipinski definition) is 1. The zero-order valence-electron chi connectivity index (χ0n) is 13.9. The van der Waals surface area contributed by atoms with Gasteiger partial charge in [0.1, 0.15) is 5.15 Å². The first-order valence-electron chi connectivity index (χ1n) is 8.77. The summed E-state index contributed by atoms with van der Waals surface area (Å²) in [6.07, 6.45) is 8.44. The number of carbonyl (C=O) groups is 1. The normalized spacial score (nSPS) is 17.0. The summed E-state index contributed by atoms with van der Waals surface area (Å²) in [6.45, 7) is 0.698. The maximum Gasteiger partial charge on any atom is 0.251 e. The van der Waals surface area contributed by atoms with Gasteiger partial charge in [0.05, 0.1) is 12.2 Å². The SMILES string of the molecule is NC(=O)c1ccc(-n2ccc(OCCC(C3CC3)C3CC3)n2)nc1Cl. The van der Waals surface area contributed by atoms with Gasteiger partial charge in [0.2, 0.25) is 5.88 Å². The van der Waals surface area contributed by atoms with E-state index in [1.807, 2.05) is 0 Å². The molecule has 2 saturated carbocycles. The van der Waals surface area contributed by atoms with Gasteiger partial charge < -0.3 is 10.5 Å². The summed E-state index contributed by atoms with van der Waals surface area (Å²) >= 11 is 5.99. The fourth-order valence-corrected chi connectivity index (χ4v) is 3.70. The molecule has 2 fully saturated rings. The fourth-order valence-electron chi connectivity index (χ4n) is 3.45. The van der Waals surface area contributed by atoms with E-state index in [0.29, 0.717) is 18.3 Å². The lowest BCUT2D eigenvalue weighted by Crippen LogP contribution is -2.13. The second-order valence-corrected chi connectivity index (χ2v) is 7.30. The minimum atomic E-state index is -0.602. The lowest BCUT2D eigenvalue weighted by Gasteiger charge is -2.14. The summed E-state index contributed by atoms with van der Waals surface area (Å²) in [5.41, 5.74) is 5.43. The van der Waals surface area contributed by atoms with Crippen LogP contribution in [0, 0.1) is 17.8 Å². The number of aromatic nitrogens is 3. The van der Waals surface area contributed by atoms with Crippen LogP contribution in [0.3, 0.4) is 0 Å². The van der Waals surface area contributed by atoms with Gasteiger partial charge in [0, 0.05) is 12.3 Å². The summed E-state index contributed by atoms with van der Waals surface area (Å²) in [5.74, 6) is 3.19. The van der Waals surface area contributed by atoms with Crippen LogP contribution in [0.2, 0.25) is 5.15 Å². The molecule has 2 heterocycles. The van der Waals surface area contributed by atoms with Crippen molar-refractivity contribution in [3.63, 3.8) is 0 Å². The van der Waals surface area contributed by atoms with E-state index in [0.717, 1.165) is 24.2 Å². The van der Waals surface area contributed by atoms with Gasteiger partial charge in [-0.2, -0.15) is 0 Å². The molecule has 0 aliphatic heterocycles. The van der Waals surface area contributed by atoms with Gasteiger partial charge in [0.25, 0.3) is 5.91 Å². The lowest BCUT2D eigenvalue weighted by molar-refractivity contribution is 0.1000. The molecule has 2 aliphatic carbocycles.